The molecule has 6 N–H and O–H groups in total. The molecule has 0 aliphatic rings. The van der Waals surface area contributed by atoms with Gasteiger partial charge in [0.1, 0.15) is 0 Å². The van der Waals surface area contributed by atoms with E-state index < -0.39 is 19.8 Å². The summed E-state index contributed by atoms with van der Waals surface area (Å²) < 4.78 is -3.76. The SMILES string of the molecule is CC(O)CNc1nc(NCCNc2nc(NCC(C)O)nc(C(Cl)(Cl)Cl)n2)nc(C(Cl)(Cl)Cl)n1. The Kier molecular flexibility index (Phi) is 10.9. The van der Waals surface area contributed by atoms with Gasteiger partial charge in [-0.1, -0.05) is 69.6 Å². The summed E-state index contributed by atoms with van der Waals surface area (Å²) in [6.07, 6.45) is -1.29. The molecule has 0 aromatic carbocycles. The van der Waals surface area contributed by atoms with E-state index in [1.54, 1.807) is 13.8 Å². The molecule has 0 amide bonds. The first-order valence-corrected chi connectivity index (χ1v) is 12.0. The Balaban J connectivity index is 2.07. The molecular formula is C16H22Cl6N10O2. The molecule has 0 saturated carbocycles. The second kappa shape index (κ2) is 12.7. The van der Waals surface area contributed by atoms with Crippen LogP contribution in [0.4, 0.5) is 23.8 Å². The van der Waals surface area contributed by atoms with Crippen molar-refractivity contribution in [2.45, 2.75) is 33.6 Å². The van der Waals surface area contributed by atoms with Crippen molar-refractivity contribution in [2.75, 3.05) is 47.4 Å². The fraction of sp³-hybridized carbons (Fsp3) is 0.625. The monoisotopic (exact) mass is 596 g/mol. The molecule has 2 aromatic heterocycles. The molecule has 2 rings (SSSR count). The number of rotatable bonds is 11. The summed E-state index contributed by atoms with van der Waals surface area (Å²) >= 11 is 35.4. The van der Waals surface area contributed by atoms with Crippen molar-refractivity contribution in [3.63, 3.8) is 0 Å². The highest BCUT2D eigenvalue weighted by Gasteiger charge is 2.29. The minimum atomic E-state index is -1.88. The molecule has 0 bridgehead atoms. The van der Waals surface area contributed by atoms with Crippen LogP contribution >= 0.6 is 69.6 Å². The number of anilines is 4. The van der Waals surface area contributed by atoms with Crippen molar-refractivity contribution >= 4 is 93.4 Å². The first kappa shape index (κ1) is 29.1. The van der Waals surface area contributed by atoms with Crippen LogP contribution in [0.1, 0.15) is 25.5 Å². The lowest BCUT2D eigenvalue weighted by atomic mass is 10.4. The molecule has 0 fully saturated rings. The van der Waals surface area contributed by atoms with E-state index in [1.807, 2.05) is 0 Å². The van der Waals surface area contributed by atoms with Gasteiger partial charge >= 0.3 is 0 Å². The van der Waals surface area contributed by atoms with Gasteiger partial charge in [-0.3, -0.25) is 0 Å². The summed E-state index contributed by atoms with van der Waals surface area (Å²) in [5, 5.41) is 30.5. The quantitative estimate of drug-likeness (QED) is 0.166. The molecule has 2 aromatic rings. The van der Waals surface area contributed by atoms with E-state index in [4.69, 9.17) is 69.6 Å². The average Bonchev–Trinajstić information content (AvgIpc) is 2.72. The van der Waals surface area contributed by atoms with Gasteiger partial charge in [0.15, 0.2) is 11.6 Å². The maximum Gasteiger partial charge on any atom is 0.250 e. The third-order valence-electron chi connectivity index (χ3n) is 3.58. The van der Waals surface area contributed by atoms with Gasteiger partial charge in [-0.05, 0) is 13.8 Å². The largest absolute Gasteiger partial charge is 0.392 e. The van der Waals surface area contributed by atoms with E-state index in [0.29, 0.717) is 0 Å². The van der Waals surface area contributed by atoms with Gasteiger partial charge in [-0.25, -0.2) is 0 Å². The van der Waals surface area contributed by atoms with Crippen molar-refractivity contribution in [1.82, 2.24) is 29.9 Å². The summed E-state index contributed by atoms with van der Waals surface area (Å²) in [6, 6.07) is 0. The molecule has 12 nitrogen and oxygen atoms in total. The number of hydrogen-bond acceptors (Lipinski definition) is 12. The van der Waals surface area contributed by atoms with Crippen LogP contribution in [0.25, 0.3) is 0 Å². The van der Waals surface area contributed by atoms with Crippen LogP contribution in [0.3, 0.4) is 0 Å². The van der Waals surface area contributed by atoms with Crippen molar-refractivity contribution < 1.29 is 10.2 Å². The Morgan fingerprint density at radius 2 is 0.882 bits per heavy atom. The number of hydrogen-bond donors (Lipinski definition) is 6. The lowest BCUT2D eigenvalue weighted by Gasteiger charge is -2.15. The first-order chi connectivity index (χ1) is 15.7. The van der Waals surface area contributed by atoms with Gasteiger partial charge in [0.25, 0.3) is 0 Å². The Labute approximate surface area is 225 Å². The highest BCUT2D eigenvalue weighted by molar-refractivity contribution is 6.67. The second-order valence-electron chi connectivity index (χ2n) is 6.92. The molecule has 0 aliphatic carbocycles. The van der Waals surface area contributed by atoms with Gasteiger partial charge in [0.05, 0.1) is 12.2 Å². The number of aliphatic hydroxyl groups excluding tert-OH is 2. The third kappa shape index (κ3) is 10.2. The van der Waals surface area contributed by atoms with Crippen LogP contribution in [0, 0.1) is 0 Å². The van der Waals surface area contributed by atoms with Crippen molar-refractivity contribution in [3.05, 3.63) is 11.6 Å². The van der Waals surface area contributed by atoms with Crippen LogP contribution in [-0.4, -0.2) is 78.5 Å². The van der Waals surface area contributed by atoms with Crippen molar-refractivity contribution in [3.8, 4) is 0 Å². The summed E-state index contributed by atoms with van der Waals surface area (Å²) in [6.45, 7) is 4.11. The Hall–Kier alpha value is -1.12. The zero-order valence-corrected chi connectivity index (χ0v) is 22.4. The normalized spacial score (nSPS) is 13.8. The highest BCUT2D eigenvalue weighted by Crippen LogP contribution is 2.37. The van der Waals surface area contributed by atoms with Crippen LogP contribution in [0.5, 0.6) is 0 Å². The number of aliphatic hydroxyl groups is 2. The standard InChI is InChI=1S/C16H22Cl6N10O2/c1-7(33)5-25-13-29-9(15(17,18)19)27-11(31-13)23-3-4-24-12-28-10(16(20,21)22)30-14(32-12)26-6-8(2)34/h7-8,33-34H,3-6H2,1-2H3,(H2,23,25,27,29,31)(H2,24,26,28,30,32). The van der Waals surface area contributed by atoms with Crippen LogP contribution in [0.15, 0.2) is 0 Å². The Morgan fingerprint density at radius 1 is 0.588 bits per heavy atom. The fourth-order valence-electron chi connectivity index (χ4n) is 2.15. The van der Waals surface area contributed by atoms with Crippen LogP contribution in [0.2, 0.25) is 0 Å². The molecule has 0 saturated heterocycles. The molecule has 2 atom stereocenters. The fourth-order valence-corrected chi connectivity index (χ4v) is 2.66. The second-order valence-corrected chi connectivity index (χ2v) is 11.5. The number of nitrogens with zero attached hydrogens (tertiary/aromatic N) is 6. The summed E-state index contributed by atoms with van der Waals surface area (Å²) in [5.41, 5.74) is 0. The molecule has 34 heavy (non-hydrogen) atoms. The van der Waals surface area contributed by atoms with E-state index in [-0.39, 0.29) is 61.6 Å². The predicted molar refractivity (Wildman–Crippen MR) is 135 cm³/mol. The average molecular weight is 599 g/mol. The smallest absolute Gasteiger partial charge is 0.250 e. The van der Waals surface area contributed by atoms with E-state index in [1.165, 1.54) is 0 Å². The van der Waals surface area contributed by atoms with Gasteiger partial charge in [-0.15, -0.1) is 0 Å². The minimum Gasteiger partial charge on any atom is -0.392 e. The molecule has 0 spiro atoms. The molecule has 190 valence electrons. The van der Waals surface area contributed by atoms with E-state index in [9.17, 15) is 10.2 Å². The molecule has 0 aliphatic heterocycles. The predicted octanol–water partition coefficient (Wildman–Crippen LogP) is 2.82. The van der Waals surface area contributed by atoms with Gasteiger partial charge in [0, 0.05) is 26.2 Å². The molecular weight excluding hydrogens is 577 g/mol. The number of aromatic nitrogens is 6. The molecule has 2 heterocycles. The zero-order chi connectivity index (χ0) is 25.5. The summed E-state index contributed by atoms with van der Waals surface area (Å²) in [7, 11) is 0. The third-order valence-corrected chi connectivity index (χ3v) is 4.59. The van der Waals surface area contributed by atoms with Crippen molar-refractivity contribution in [1.29, 1.82) is 0 Å². The summed E-state index contributed by atoms with van der Waals surface area (Å²) in [4.78, 5) is 24.6. The maximum atomic E-state index is 9.45. The van der Waals surface area contributed by atoms with E-state index in [2.05, 4.69) is 51.2 Å². The number of nitrogens with one attached hydrogen (secondary N) is 4. The Bertz CT molecular complexity index is 866. The lowest BCUT2D eigenvalue weighted by Crippen LogP contribution is -2.23. The van der Waals surface area contributed by atoms with E-state index in [0.717, 1.165) is 0 Å². The lowest BCUT2D eigenvalue weighted by molar-refractivity contribution is 0.207. The first-order valence-electron chi connectivity index (χ1n) is 9.72. The van der Waals surface area contributed by atoms with Gasteiger partial charge < -0.3 is 31.5 Å². The molecule has 18 heteroatoms. The van der Waals surface area contributed by atoms with Gasteiger partial charge in [0.2, 0.25) is 31.4 Å². The van der Waals surface area contributed by atoms with Gasteiger partial charge in [-0.2, -0.15) is 29.9 Å². The van der Waals surface area contributed by atoms with E-state index >= 15 is 0 Å². The number of alkyl halides is 6. The topological polar surface area (TPSA) is 166 Å². The van der Waals surface area contributed by atoms with Crippen molar-refractivity contribution in [2.24, 2.45) is 0 Å². The Morgan fingerprint density at radius 3 is 1.15 bits per heavy atom. The zero-order valence-electron chi connectivity index (χ0n) is 17.8. The minimum absolute atomic E-state index is 0.102. The number of halogens is 6. The molecule has 0 radical (unpaired) electrons. The molecule has 2 unspecified atom stereocenters. The maximum absolute atomic E-state index is 9.45. The van der Waals surface area contributed by atoms with Crippen LogP contribution < -0.4 is 21.3 Å². The summed E-state index contributed by atoms with van der Waals surface area (Å²) in [5.74, 6) is 0.285. The van der Waals surface area contributed by atoms with Crippen LogP contribution in [-0.2, 0) is 7.59 Å². The highest BCUT2D eigenvalue weighted by atomic mass is 35.6.